The molecule has 0 aliphatic rings. The Balaban J connectivity index is 2.47. The first kappa shape index (κ1) is 15.6. The van der Waals surface area contributed by atoms with E-state index >= 15 is 0 Å². The quantitative estimate of drug-likeness (QED) is 0.861. The van der Waals surface area contributed by atoms with Crippen molar-refractivity contribution in [2.24, 2.45) is 0 Å². The van der Waals surface area contributed by atoms with Gasteiger partial charge in [0.2, 0.25) is 5.91 Å². The van der Waals surface area contributed by atoms with E-state index in [2.05, 4.69) is 5.32 Å². The van der Waals surface area contributed by atoms with Crippen LogP contribution in [0.5, 0.6) is 0 Å². The van der Waals surface area contributed by atoms with Gasteiger partial charge in [0.05, 0.1) is 0 Å². The highest BCUT2D eigenvalue weighted by Crippen LogP contribution is 2.17. The molecule has 0 fully saturated rings. The Hall–Kier alpha value is -1.49. The number of carbonyl (C=O) groups is 1. The number of hydrogen-bond acceptors (Lipinski definition) is 2. The average Bonchev–Trinajstić information content (AvgIpc) is 2.37. The summed E-state index contributed by atoms with van der Waals surface area (Å²) >= 11 is 0. The fourth-order valence-electron chi connectivity index (χ4n) is 1.73. The molecule has 1 atom stereocenters. The Bertz CT molecular complexity index is 437. The number of rotatable bonds is 6. The summed E-state index contributed by atoms with van der Waals surface area (Å²) < 4.78 is 26.3. The summed E-state index contributed by atoms with van der Waals surface area (Å²) in [6.45, 7) is 4.81. The Morgan fingerprint density at radius 1 is 1.42 bits per heavy atom. The van der Waals surface area contributed by atoms with Crippen LogP contribution in [-0.4, -0.2) is 30.9 Å². The third-order valence-electron chi connectivity index (χ3n) is 3.12. The molecule has 0 saturated heterocycles. The minimum absolute atomic E-state index is 0.0433. The first-order valence-corrected chi connectivity index (χ1v) is 6.38. The van der Waals surface area contributed by atoms with Crippen molar-refractivity contribution < 1.29 is 13.6 Å². The van der Waals surface area contributed by atoms with E-state index in [0.29, 0.717) is 25.1 Å². The van der Waals surface area contributed by atoms with Crippen molar-refractivity contribution in [3.8, 4) is 0 Å². The van der Waals surface area contributed by atoms with E-state index in [1.165, 1.54) is 12.1 Å². The Morgan fingerprint density at radius 3 is 2.68 bits per heavy atom. The van der Waals surface area contributed by atoms with Crippen LogP contribution in [0, 0.1) is 11.6 Å². The molecule has 0 heterocycles. The smallest absolute Gasteiger partial charge is 0.223 e. The number of amides is 1. The van der Waals surface area contributed by atoms with E-state index in [0.717, 1.165) is 6.07 Å². The van der Waals surface area contributed by atoms with E-state index in [-0.39, 0.29) is 11.9 Å². The van der Waals surface area contributed by atoms with Gasteiger partial charge < -0.3 is 10.2 Å². The number of halogens is 2. The summed E-state index contributed by atoms with van der Waals surface area (Å²) in [5.74, 6) is -1.12. The molecule has 19 heavy (non-hydrogen) atoms. The Morgan fingerprint density at radius 2 is 2.11 bits per heavy atom. The Labute approximate surface area is 112 Å². The molecule has 0 saturated carbocycles. The van der Waals surface area contributed by atoms with Crippen LogP contribution < -0.4 is 5.32 Å². The summed E-state index contributed by atoms with van der Waals surface area (Å²) in [5.41, 5.74) is 0.401. The van der Waals surface area contributed by atoms with Gasteiger partial charge in [-0.15, -0.1) is 0 Å². The maximum atomic E-state index is 13.5. The maximum Gasteiger partial charge on any atom is 0.223 e. The molecule has 106 valence electrons. The first-order valence-electron chi connectivity index (χ1n) is 6.38. The molecule has 3 nitrogen and oxygen atoms in total. The van der Waals surface area contributed by atoms with Crippen LogP contribution in [0.25, 0.3) is 0 Å². The molecule has 0 bridgehead atoms. The summed E-state index contributed by atoms with van der Waals surface area (Å²) in [5, 5.41) is 3.06. The minimum Gasteiger partial charge on any atom is -0.346 e. The van der Waals surface area contributed by atoms with Crippen LogP contribution >= 0.6 is 0 Å². The zero-order valence-corrected chi connectivity index (χ0v) is 11.5. The lowest BCUT2D eigenvalue weighted by atomic mass is 10.1. The van der Waals surface area contributed by atoms with Gasteiger partial charge in [0, 0.05) is 44.2 Å². The lowest BCUT2D eigenvalue weighted by molar-refractivity contribution is -0.129. The van der Waals surface area contributed by atoms with E-state index in [9.17, 15) is 13.6 Å². The van der Waals surface area contributed by atoms with Gasteiger partial charge in [0.25, 0.3) is 0 Å². The third-order valence-corrected chi connectivity index (χ3v) is 3.12. The lowest BCUT2D eigenvalue weighted by Crippen LogP contribution is -2.30. The van der Waals surface area contributed by atoms with Crippen molar-refractivity contribution >= 4 is 5.91 Å². The highest BCUT2D eigenvalue weighted by atomic mass is 19.1. The molecular weight excluding hydrogens is 250 g/mol. The number of benzene rings is 1. The van der Waals surface area contributed by atoms with Gasteiger partial charge in [-0.2, -0.15) is 0 Å². The topological polar surface area (TPSA) is 32.3 Å². The van der Waals surface area contributed by atoms with Gasteiger partial charge >= 0.3 is 0 Å². The van der Waals surface area contributed by atoms with Crippen LogP contribution in [0.2, 0.25) is 0 Å². The predicted molar refractivity (Wildman–Crippen MR) is 70.7 cm³/mol. The number of hydrogen-bond donors (Lipinski definition) is 1. The molecule has 0 spiro atoms. The van der Waals surface area contributed by atoms with Crippen molar-refractivity contribution in [3.63, 3.8) is 0 Å². The van der Waals surface area contributed by atoms with Gasteiger partial charge in [-0.05, 0) is 19.9 Å². The van der Waals surface area contributed by atoms with Crippen molar-refractivity contribution in [2.75, 3.05) is 20.1 Å². The highest BCUT2D eigenvalue weighted by Gasteiger charge is 2.12. The number of nitrogens with one attached hydrogen (secondary N) is 1. The van der Waals surface area contributed by atoms with Gasteiger partial charge in [0.1, 0.15) is 11.6 Å². The van der Waals surface area contributed by atoms with Crippen LogP contribution in [0.15, 0.2) is 18.2 Å². The third kappa shape index (κ3) is 4.59. The van der Waals surface area contributed by atoms with Crippen molar-refractivity contribution in [1.29, 1.82) is 0 Å². The molecule has 0 aromatic heterocycles. The molecule has 1 N–H and O–H groups in total. The maximum absolute atomic E-state index is 13.5. The molecule has 0 aliphatic heterocycles. The average molecular weight is 270 g/mol. The van der Waals surface area contributed by atoms with E-state index in [1.54, 1.807) is 18.9 Å². The fraction of sp³-hybridized carbons (Fsp3) is 0.500. The van der Waals surface area contributed by atoms with Crippen LogP contribution in [0.4, 0.5) is 8.78 Å². The van der Waals surface area contributed by atoms with Gasteiger partial charge in [-0.1, -0.05) is 6.07 Å². The zero-order chi connectivity index (χ0) is 14.4. The van der Waals surface area contributed by atoms with Gasteiger partial charge in [0.15, 0.2) is 0 Å². The largest absolute Gasteiger partial charge is 0.346 e. The molecule has 5 heteroatoms. The zero-order valence-electron chi connectivity index (χ0n) is 11.5. The molecular formula is C14H20F2N2O. The second-order valence-corrected chi connectivity index (χ2v) is 4.50. The number of nitrogens with zero attached hydrogens (tertiary/aromatic N) is 1. The standard InChI is InChI=1S/C14H20F2N2O/c1-4-18(3)14(19)7-8-17-10(2)12-6-5-11(15)9-13(12)16/h5-6,9-10,17H,4,7-8H2,1-3H3/t10-/m1/s1. The van der Waals surface area contributed by atoms with Crippen molar-refractivity contribution in [1.82, 2.24) is 10.2 Å². The summed E-state index contributed by atoms with van der Waals surface area (Å²) in [4.78, 5) is 13.2. The van der Waals surface area contributed by atoms with Gasteiger partial charge in [-0.25, -0.2) is 8.78 Å². The summed E-state index contributed by atoms with van der Waals surface area (Å²) in [7, 11) is 1.74. The number of carbonyl (C=O) groups excluding carboxylic acids is 1. The van der Waals surface area contributed by atoms with E-state index in [1.807, 2.05) is 6.92 Å². The van der Waals surface area contributed by atoms with Crippen molar-refractivity contribution in [3.05, 3.63) is 35.4 Å². The molecule has 1 rings (SSSR count). The summed E-state index contributed by atoms with van der Waals surface area (Å²) in [6.07, 6.45) is 0.359. The minimum atomic E-state index is -0.590. The fourth-order valence-corrected chi connectivity index (χ4v) is 1.73. The molecule has 1 aromatic rings. The first-order chi connectivity index (χ1) is 8.95. The SMILES string of the molecule is CCN(C)C(=O)CCN[C@H](C)c1ccc(F)cc1F. The lowest BCUT2D eigenvalue weighted by Gasteiger charge is -2.17. The van der Waals surface area contributed by atoms with Crippen LogP contribution in [-0.2, 0) is 4.79 Å². The molecule has 1 aromatic carbocycles. The molecule has 0 unspecified atom stereocenters. The van der Waals surface area contributed by atoms with Crippen molar-refractivity contribution in [2.45, 2.75) is 26.3 Å². The molecule has 0 radical (unpaired) electrons. The van der Waals surface area contributed by atoms with E-state index < -0.39 is 11.6 Å². The second kappa shape index (κ2) is 7.19. The van der Waals surface area contributed by atoms with Crippen LogP contribution in [0.1, 0.15) is 31.9 Å². The normalized spacial score (nSPS) is 12.3. The Kier molecular flexibility index (Phi) is 5.89. The second-order valence-electron chi connectivity index (χ2n) is 4.50. The summed E-state index contributed by atoms with van der Waals surface area (Å²) in [6, 6.07) is 3.25. The van der Waals surface area contributed by atoms with Crippen LogP contribution in [0.3, 0.4) is 0 Å². The highest BCUT2D eigenvalue weighted by molar-refractivity contribution is 5.75. The molecule has 0 aliphatic carbocycles. The molecule has 1 amide bonds. The van der Waals surface area contributed by atoms with E-state index in [4.69, 9.17) is 0 Å². The van der Waals surface area contributed by atoms with Gasteiger partial charge in [-0.3, -0.25) is 4.79 Å². The predicted octanol–water partition coefficient (Wildman–Crippen LogP) is 2.48. The monoisotopic (exact) mass is 270 g/mol.